The number of hydrogen-bond acceptors (Lipinski definition) is 0. The molecule has 0 aliphatic carbocycles. The molecule has 0 unspecified atom stereocenters. The number of nitrogens with two attached hydrogens (primary N) is 2. The molecular formula is C5H16N2+2. The Morgan fingerprint density at radius 2 is 2.00 bits per heavy atom. The van der Waals surface area contributed by atoms with E-state index in [1.165, 1.54) is 19.6 Å². The van der Waals surface area contributed by atoms with Gasteiger partial charge in [0.2, 0.25) is 0 Å². The van der Waals surface area contributed by atoms with Crippen LogP contribution >= 0.6 is 0 Å². The summed E-state index contributed by atoms with van der Waals surface area (Å²) >= 11 is 0. The van der Waals surface area contributed by atoms with Crippen LogP contribution in [0.2, 0.25) is 0 Å². The van der Waals surface area contributed by atoms with Crippen LogP contribution in [-0.4, -0.2) is 26.7 Å². The maximum Gasteiger partial charge on any atom is 0.125 e. The fourth-order valence-corrected chi connectivity index (χ4v) is 0.489. The summed E-state index contributed by atoms with van der Waals surface area (Å²) in [6, 6.07) is 0. The summed E-state index contributed by atoms with van der Waals surface area (Å²) in [4.78, 5) is 0. The number of quaternary nitrogens is 2. The van der Waals surface area contributed by atoms with E-state index in [2.05, 4.69) is 24.6 Å². The van der Waals surface area contributed by atoms with Crippen LogP contribution < -0.4 is 10.6 Å². The lowest BCUT2D eigenvalue weighted by molar-refractivity contribution is -0.710. The highest BCUT2D eigenvalue weighted by molar-refractivity contribution is 4.09. The number of rotatable bonds is 4. The standard InChI is InChI=1S/C5H14N2/c1-3-7-5-4-6-2/h6-7H,3-5H2,1-2H3/p+2. The molecule has 0 aromatic carbocycles. The zero-order valence-corrected chi connectivity index (χ0v) is 5.28. The van der Waals surface area contributed by atoms with Crippen molar-refractivity contribution in [2.45, 2.75) is 6.92 Å². The van der Waals surface area contributed by atoms with Crippen molar-refractivity contribution in [3.63, 3.8) is 0 Å². The summed E-state index contributed by atoms with van der Waals surface area (Å²) in [5.74, 6) is 0. The van der Waals surface area contributed by atoms with Crippen LogP contribution in [0.25, 0.3) is 0 Å². The molecule has 0 fully saturated rings. The predicted molar refractivity (Wildman–Crippen MR) is 30.0 cm³/mol. The van der Waals surface area contributed by atoms with Crippen LogP contribution in [0.1, 0.15) is 6.92 Å². The first-order valence-corrected chi connectivity index (χ1v) is 3.01. The predicted octanol–water partition coefficient (Wildman–Crippen LogP) is -2.24. The van der Waals surface area contributed by atoms with Crippen molar-refractivity contribution >= 4 is 0 Å². The highest BCUT2D eigenvalue weighted by Crippen LogP contribution is 1.30. The largest absolute Gasteiger partial charge is 0.344 e. The Kier molecular flexibility index (Phi) is 5.85. The number of hydrogen-bond donors (Lipinski definition) is 2. The van der Waals surface area contributed by atoms with E-state index in [0.29, 0.717) is 0 Å². The molecule has 44 valence electrons. The molecule has 0 saturated heterocycles. The molecule has 2 nitrogen and oxygen atoms in total. The molecule has 0 atom stereocenters. The Morgan fingerprint density at radius 1 is 1.29 bits per heavy atom. The molecule has 4 N–H and O–H groups in total. The molecule has 0 bridgehead atoms. The van der Waals surface area contributed by atoms with Gasteiger partial charge < -0.3 is 10.6 Å². The Hall–Kier alpha value is -0.0800. The van der Waals surface area contributed by atoms with Crippen molar-refractivity contribution in [2.75, 3.05) is 26.7 Å². The van der Waals surface area contributed by atoms with E-state index in [1.54, 1.807) is 0 Å². The molecule has 0 saturated carbocycles. The molecule has 0 amide bonds. The monoisotopic (exact) mass is 104 g/mol. The maximum atomic E-state index is 2.31. The van der Waals surface area contributed by atoms with Crippen LogP contribution in [0, 0.1) is 0 Å². The smallest absolute Gasteiger partial charge is 0.125 e. The average molecular weight is 104 g/mol. The van der Waals surface area contributed by atoms with E-state index in [-0.39, 0.29) is 0 Å². The minimum Gasteiger partial charge on any atom is -0.344 e. The summed E-state index contributed by atoms with van der Waals surface area (Å²) < 4.78 is 0. The van der Waals surface area contributed by atoms with E-state index < -0.39 is 0 Å². The summed E-state index contributed by atoms with van der Waals surface area (Å²) in [5.41, 5.74) is 0. The van der Waals surface area contributed by atoms with Gasteiger partial charge in [0.25, 0.3) is 0 Å². The minimum atomic E-state index is 1.22. The maximum absolute atomic E-state index is 2.31. The third-order valence-electron chi connectivity index (χ3n) is 0.948. The molecule has 7 heavy (non-hydrogen) atoms. The molecule has 0 aliphatic rings. The van der Waals surface area contributed by atoms with E-state index in [9.17, 15) is 0 Å². The van der Waals surface area contributed by atoms with E-state index >= 15 is 0 Å². The van der Waals surface area contributed by atoms with Gasteiger partial charge in [0.1, 0.15) is 13.1 Å². The van der Waals surface area contributed by atoms with E-state index in [1.807, 2.05) is 0 Å². The molecule has 0 rings (SSSR count). The summed E-state index contributed by atoms with van der Waals surface area (Å²) in [5, 5.41) is 4.51. The quantitative estimate of drug-likeness (QED) is 0.378. The summed E-state index contributed by atoms with van der Waals surface area (Å²) in [6.07, 6.45) is 0. The zero-order valence-electron chi connectivity index (χ0n) is 5.28. The first kappa shape index (κ1) is 6.92. The van der Waals surface area contributed by atoms with E-state index in [4.69, 9.17) is 0 Å². The van der Waals surface area contributed by atoms with Gasteiger partial charge in [-0.05, 0) is 6.92 Å². The second-order valence-electron chi connectivity index (χ2n) is 1.68. The van der Waals surface area contributed by atoms with Crippen LogP contribution in [0.5, 0.6) is 0 Å². The normalized spacial score (nSPS) is 9.43. The minimum absolute atomic E-state index is 1.22. The molecule has 0 radical (unpaired) electrons. The lowest BCUT2D eigenvalue weighted by Crippen LogP contribution is -2.92. The Balaban J connectivity index is 2.45. The van der Waals surface area contributed by atoms with Gasteiger partial charge in [0, 0.05) is 0 Å². The van der Waals surface area contributed by atoms with Gasteiger partial charge in [-0.1, -0.05) is 0 Å². The SMILES string of the molecule is CC[NH2+]CC[NH2+]C. The zero-order chi connectivity index (χ0) is 5.54. The van der Waals surface area contributed by atoms with Gasteiger partial charge in [-0.25, -0.2) is 0 Å². The average Bonchev–Trinajstić information content (AvgIpc) is 1.69. The lowest BCUT2D eigenvalue weighted by Gasteiger charge is -1.91. The third kappa shape index (κ3) is 5.92. The van der Waals surface area contributed by atoms with Crippen molar-refractivity contribution in [1.82, 2.24) is 0 Å². The molecule has 0 aromatic heterocycles. The molecule has 0 aromatic rings. The first-order chi connectivity index (χ1) is 3.41. The molecule has 2 heteroatoms. The molecule has 0 heterocycles. The van der Waals surface area contributed by atoms with Crippen molar-refractivity contribution in [3.8, 4) is 0 Å². The highest BCUT2D eigenvalue weighted by atomic mass is 14.9. The van der Waals surface area contributed by atoms with E-state index in [0.717, 1.165) is 0 Å². The fraction of sp³-hybridized carbons (Fsp3) is 1.00. The summed E-state index contributed by atoms with van der Waals surface area (Å²) in [6.45, 7) is 5.89. The number of likely N-dealkylation sites (N-methyl/N-ethyl adjacent to an activating group) is 2. The fourth-order valence-electron chi connectivity index (χ4n) is 0.489. The van der Waals surface area contributed by atoms with Crippen LogP contribution in [0.4, 0.5) is 0 Å². The third-order valence-corrected chi connectivity index (χ3v) is 0.948. The van der Waals surface area contributed by atoms with Crippen molar-refractivity contribution in [1.29, 1.82) is 0 Å². The molecule has 0 aliphatic heterocycles. The topological polar surface area (TPSA) is 33.2 Å². The summed E-state index contributed by atoms with van der Waals surface area (Å²) in [7, 11) is 2.10. The highest BCUT2D eigenvalue weighted by Gasteiger charge is 1.82. The Bertz CT molecular complexity index is 25.3. The van der Waals surface area contributed by atoms with Crippen LogP contribution in [-0.2, 0) is 0 Å². The van der Waals surface area contributed by atoms with Gasteiger partial charge in [0.05, 0.1) is 13.6 Å². The second-order valence-corrected chi connectivity index (χ2v) is 1.68. The Morgan fingerprint density at radius 3 is 2.43 bits per heavy atom. The lowest BCUT2D eigenvalue weighted by atomic mass is 10.6. The van der Waals surface area contributed by atoms with Crippen molar-refractivity contribution < 1.29 is 10.6 Å². The van der Waals surface area contributed by atoms with Gasteiger partial charge >= 0.3 is 0 Å². The van der Waals surface area contributed by atoms with Crippen molar-refractivity contribution in [2.24, 2.45) is 0 Å². The Labute approximate surface area is 45.3 Å². The van der Waals surface area contributed by atoms with Gasteiger partial charge in [-0.3, -0.25) is 0 Å². The van der Waals surface area contributed by atoms with Crippen LogP contribution in [0.15, 0.2) is 0 Å². The first-order valence-electron chi connectivity index (χ1n) is 3.01. The van der Waals surface area contributed by atoms with Gasteiger partial charge in [-0.15, -0.1) is 0 Å². The van der Waals surface area contributed by atoms with Gasteiger partial charge in [-0.2, -0.15) is 0 Å². The van der Waals surface area contributed by atoms with Gasteiger partial charge in [0.15, 0.2) is 0 Å². The van der Waals surface area contributed by atoms with Crippen LogP contribution in [0.3, 0.4) is 0 Å². The molecule has 0 spiro atoms. The molecular weight excluding hydrogens is 88.1 g/mol. The van der Waals surface area contributed by atoms with Crippen molar-refractivity contribution in [3.05, 3.63) is 0 Å². The second kappa shape index (κ2) is 5.92.